The van der Waals surface area contributed by atoms with Crippen molar-refractivity contribution >= 4 is 38.7 Å². The number of ether oxygens (including phenoxy) is 1. The first-order valence-corrected chi connectivity index (χ1v) is 14.0. The molecule has 4 aromatic rings. The van der Waals surface area contributed by atoms with Crippen LogP contribution in [0, 0.1) is 6.92 Å². The zero-order valence-corrected chi connectivity index (χ0v) is 22.3. The number of aryl methyl sites for hydroxylation is 1. The van der Waals surface area contributed by atoms with E-state index in [1.54, 1.807) is 18.3 Å². The van der Waals surface area contributed by atoms with Gasteiger partial charge < -0.3 is 19.5 Å². The van der Waals surface area contributed by atoms with Crippen molar-refractivity contribution in [1.29, 1.82) is 0 Å². The molecule has 0 unspecified atom stereocenters. The molecule has 8 nitrogen and oxygen atoms in total. The summed E-state index contributed by atoms with van der Waals surface area (Å²) in [5.41, 5.74) is 5.02. The first kappa shape index (κ1) is 24.8. The predicted octanol–water partition coefficient (Wildman–Crippen LogP) is 4.74. The minimum Gasteiger partial charge on any atom is -0.495 e. The maximum absolute atomic E-state index is 12.1. The van der Waals surface area contributed by atoms with Crippen LogP contribution in [0.25, 0.3) is 5.69 Å². The van der Waals surface area contributed by atoms with Crippen LogP contribution in [0.1, 0.15) is 29.2 Å². The molecule has 37 heavy (non-hydrogen) atoms. The number of methoxy groups -OCH3 is 1. The molecule has 0 radical (unpaired) electrons. The number of hydrogen-bond donors (Lipinski definition) is 2. The second-order valence-electron chi connectivity index (χ2n) is 8.83. The molecule has 0 aliphatic carbocycles. The van der Waals surface area contributed by atoms with Gasteiger partial charge in [0.05, 0.1) is 30.8 Å². The van der Waals surface area contributed by atoms with Crippen LogP contribution < -0.4 is 19.7 Å². The molecule has 1 fully saturated rings. The Labute approximate surface area is 222 Å². The molecule has 0 amide bonds. The van der Waals surface area contributed by atoms with E-state index in [1.807, 2.05) is 47.4 Å². The third-order valence-electron chi connectivity index (χ3n) is 6.28. The molecular formula is C27H27N5O3S2. The van der Waals surface area contributed by atoms with Gasteiger partial charge in [0.2, 0.25) is 10.0 Å². The summed E-state index contributed by atoms with van der Waals surface area (Å²) in [5.74, 6) is 0.411. The average Bonchev–Trinajstić information content (AvgIpc) is 3.43. The number of hydrogen-bond acceptors (Lipinski definition) is 5. The molecule has 2 aromatic heterocycles. The van der Waals surface area contributed by atoms with Gasteiger partial charge in [0, 0.05) is 29.0 Å². The van der Waals surface area contributed by atoms with E-state index in [9.17, 15) is 8.42 Å². The lowest BCUT2D eigenvalue weighted by molar-refractivity contribution is 0.417. The lowest BCUT2D eigenvalue weighted by Crippen LogP contribution is -2.30. The predicted molar refractivity (Wildman–Crippen MR) is 150 cm³/mol. The maximum Gasteiger partial charge on any atom is 0.229 e. The number of benzene rings is 2. The van der Waals surface area contributed by atoms with Gasteiger partial charge in [-0.15, -0.1) is 0 Å². The molecule has 190 valence electrons. The van der Waals surface area contributed by atoms with Gasteiger partial charge in [0.15, 0.2) is 5.11 Å². The van der Waals surface area contributed by atoms with Gasteiger partial charge in [0.25, 0.3) is 0 Å². The average molecular weight is 534 g/mol. The van der Waals surface area contributed by atoms with Gasteiger partial charge in [0.1, 0.15) is 11.8 Å². The summed E-state index contributed by atoms with van der Waals surface area (Å²) in [6.45, 7) is 2.07. The highest BCUT2D eigenvalue weighted by Gasteiger charge is 2.42. The van der Waals surface area contributed by atoms with Crippen molar-refractivity contribution < 1.29 is 13.2 Å². The highest BCUT2D eigenvalue weighted by Crippen LogP contribution is 2.44. The van der Waals surface area contributed by atoms with Gasteiger partial charge in [-0.1, -0.05) is 24.3 Å². The highest BCUT2D eigenvalue weighted by molar-refractivity contribution is 7.92. The van der Waals surface area contributed by atoms with Gasteiger partial charge in [-0.05, 0) is 73.7 Å². The summed E-state index contributed by atoms with van der Waals surface area (Å²) in [5, 5.41) is 3.97. The van der Waals surface area contributed by atoms with Crippen molar-refractivity contribution in [2.75, 3.05) is 23.0 Å². The van der Waals surface area contributed by atoms with Gasteiger partial charge >= 0.3 is 0 Å². The zero-order valence-electron chi connectivity index (χ0n) is 20.6. The molecule has 2 atom stereocenters. The van der Waals surface area contributed by atoms with Crippen molar-refractivity contribution in [1.82, 2.24) is 14.9 Å². The standard InChI is InChI=1S/C27H27N5O3S2/c1-18-12-14-23(31(18)19-9-5-4-6-10-19)26-25(21-11-7-8-16-28-21)29-27(36)32(26)20-13-15-24(35-2)22(17-20)30-37(3,33)34/h4-17,25-26,30H,1-3H3,(H,29,36)/t25-,26+/m0/s1. The van der Waals surface area contributed by atoms with Gasteiger partial charge in [-0.3, -0.25) is 9.71 Å². The Balaban J connectivity index is 1.69. The summed E-state index contributed by atoms with van der Waals surface area (Å²) < 4.78 is 34.3. The number of thiocarbonyl (C=S) groups is 1. The molecule has 10 heteroatoms. The third-order valence-corrected chi connectivity index (χ3v) is 7.18. The number of pyridine rings is 1. The summed E-state index contributed by atoms with van der Waals surface area (Å²) in [4.78, 5) is 6.64. The summed E-state index contributed by atoms with van der Waals surface area (Å²) in [6.07, 6.45) is 2.87. The zero-order chi connectivity index (χ0) is 26.2. The highest BCUT2D eigenvalue weighted by atomic mass is 32.2. The van der Waals surface area contributed by atoms with E-state index in [4.69, 9.17) is 17.0 Å². The number of rotatable bonds is 7. The fourth-order valence-electron chi connectivity index (χ4n) is 4.78. The van der Waals surface area contributed by atoms with Crippen molar-refractivity contribution in [2.24, 2.45) is 0 Å². The maximum atomic E-state index is 12.1. The lowest BCUT2D eigenvalue weighted by Gasteiger charge is -2.30. The first-order chi connectivity index (χ1) is 17.8. The van der Waals surface area contributed by atoms with Crippen molar-refractivity contribution in [3.8, 4) is 11.4 Å². The Morgan fingerprint density at radius 3 is 2.43 bits per heavy atom. The van der Waals surface area contributed by atoms with Gasteiger partial charge in [-0.25, -0.2) is 8.42 Å². The monoisotopic (exact) mass is 533 g/mol. The van der Waals surface area contributed by atoms with Crippen LogP contribution in [0.5, 0.6) is 5.75 Å². The molecular weight excluding hydrogens is 506 g/mol. The van der Waals surface area contributed by atoms with E-state index >= 15 is 0 Å². The molecule has 1 aliphatic rings. The van der Waals surface area contributed by atoms with Crippen molar-refractivity contribution in [3.63, 3.8) is 0 Å². The van der Waals surface area contributed by atoms with Crippen LogP contribution in [0.4, 0.5) is 11.4 Å². The topological polar surface area (TPSA) is 88.5 Å². The fraction of sp³-hybridized carbons (Fsp3) is 0.185. The Hall–Kier alpha value is -3.89. The fourth-order valence-corrected chi connectivity index (χ4v) is 5.68. The van der Waals surface area contributed by atoms with Crippen molar-refractivity contribution in [2.45, 2.75) is 19.0 Å². The van der Waals surface area contributed by atoms with Crippen LogP contribution in [-0.2, 0) is 10.0 Å². The lowest BCUT2D eigenvalue weighted by atomic mass is 10.0. The molecule has 0 spiro atoms. The minimum atomic E-state index is -3.53. The Morgan fingerprint density at radius 1 is 1.00 bits per heavy atom. The molecule has 0 bridgehead atoms. The Kier molecular flexibility index (Phi) is 6.61. The molecule has 2 N–H and O–H groups in total. The number of para-hydroxylation sites is 1. The van der Waals surface area contributed by atoms with E-state index in [0.29, 0.717) is 22.2 Å². The van der Waals surface area contributed by atoms with E-state index in [2.05, 4.69) is 50.8 Å². The minimum absolute atomic E-state index is 0.251. The molecule has 0 saturated carbocycles. The van der Waals surface area contributed by atoms with Crippen molar-refractivity contribution in [3.05, 3.63) is 102 Å². The Morgan fingerprint density at radius 2 is 1.76 bits per heavy atom. The molecule has 5 rings (SSSR count). The SMILES string of the molecule is COc1ccc(N2C(=S)N[C@@H](c3ccccn3)[C@H]2c2ccc(C)n2-c2ccccc2)cc1NS(C)(=O)=O. The quantitative estimate of drug-likeness (QED) is 0.332. The van der Waals surface area contributed by atoms with E-state index in [-0.39, 0.29) is 12.1 Å². The third kappa shape index (κ3) is 4.90. The normalized spacial score (nSPS) is 17.5. The first-order valence-electron chi connectivity index (χ1n) is 11.7. The van der Waals surface area contributed by atoms with E-state index in [0.717, 1.165) is 29.0 Å². The van der Waals surface area contributed by atoms with E-state index in [1.165, 1.54) is 7.11 Å². The second-order valence-corrected chi connectivity index (χ2v) is 11.0. The summed E-state index contributed by atoms with van der Waals surface area (Å²) in [6, 6.07) is 25.0. The summed E-state index contributed by atoms with van der Waals surface area (Å²) >= 11 is 5.87. The van der Waals surface area contributed by atoms with Crippen LogP contribution in [0.3, 0.4) is 0 Å². The van der Waals surface area contributed by atoms with Gasteiger partial charge in [-0.2, -0.15) is 0 Å². The number of sulfonamides is 1. The van der Waals surface area contributed by atoms with Crippen LogP contribution in [-0.4, -0.2) is 36.4 Å². The number of nitrogens with zero attached hydrogens (tertiary/aromatic N) is 3. The largest absolute Gasteiger partial charge is 0.495 e. The number of aromatic nitrogens is 2. The summed E-state index contributed by atoms with van der Waals surface area (Å²) in [7, 11) is -2.03. The smallest absolute Gasteiger partial charge is 0.229 e. The Bertz CT molecular complexity index is 1540. The second kappa shape index (κ2) is 9.87. The molecule has 3 heterocycles. The van der Waals surface area contributed by atoms with Crippen LogP contribution >= 0.6 is 12.2 Å². The number of anilines is 2. The van der Waals surface area contributed by atoms with Crippen LogP contribution in [0.15, 0.2) is 85.1 Å². The molecule has 1 saturated heterocycles. The molecule has 2 aromatic carbocycles. The number of nitrogens with one attached hydrogen (secondary N) is 2. The molecule has 1 aliphatic heterocycles. The van der Waals surface area contributed by atoms with E-state index < -0.39 is 10.0 Å². The van der Waals surface area contributed by atoms with Crippen LogP contribution in [0.2, 0.25) is 0 Å².